The minimum Gasteiger partial charge on any atom is -0.508 e. The molecule has 1 aromatic carbocycles. The van der Waals surface area contributed by atoms with Gasteiger partial charge < -0.3 is 20.4 Å². The maximum Gasteiger partial charge on any atom is 0.203 e. The number of allylic oxidation sites excluding steroid dienone is 1. The van der Waals surface area contributed by atoms with E-state index in [1.807, 2.05) is 34.6 Å². The first-order valence-corrected chi connectivity index (χ1v) is 15.2. The number of aromatic hydroxyl groups is 1. The van der Waals surface area contributed by atoms with Crippen molar-refractivity contribution in [3.8, 4) is 5.75 Å². The van der Waals surface area contributed by atoms with Crippen LogP contribution in [0.2, 0.25) is 0 Å². The predicted molar refractivity (Wildman–Crippen MR) is 163 cm³/mol. The average molecular weight is 595 g/mol. The van der Waals surface area contributed by atoms with E-state index in [-0.39, 0.29) is 47.8 Å². The summed E-state index contributed by atoms with van der Waals surface area (Å²) in [6, 6.07) is 1.69. The van der Waals surface area contributed by atoms with Gasteiger partial charge in [0.15, 0.2) is 23.0 Å². The van der Waals surface area contributed by atoms with Gasteiger partial charge in [-0.1, -0.05) is 62.3 Å². The number of fused-ring (bicyclic) bond motifs is 3. The van der Waals surface area contributed by atoms with Gasteiger partial charge in [-0.05, 0) is 55.1 Å². The third kappa shape index (κ3) is 4.50. The lowest BCUT2D eigenvalue weighted by Crippen LogP contribution is -2.69. The van der Waals surface area contributed by atoms with Crippen molar-refractivity contribution in [3.05, 3.63) is 45.2 Å². The van der Waals surface area contributed by atoms with Gasteiger partial charge in [-0.2, -0.15) is 0 Å². The fourth-order valence-corrected chi connectivity index (χ4v) is 8.16. The molecule has 0 amide bonds. The van der Waals surface area contributed by atoms with Gasteiger partial charge in [0.1, 0.15) is 22.8 Å². The van der Waals surface area contributed by atoms with Gasteiger partial charge in [0.2, 0.25) is 5.78 Å². The molecular weight excluding hydrogens is 548 g/mol. The van der Waals surface area contributed by atoms with E-state index in [2.05, 4.69) is 0 Å². The molecule has 0 bridgehead atoms. The zero-order chi connectivity index (χ0) is 32.8. The molecule has 1 aromatic rings. The summed E-state index contributed by atoms with van der Waals surface area (Å²) in [4.78, 5) is 54.5. The first-order valence-electron chi connectivity index (χ1n) is 15.2. The number of phenolic OH excluding ortho intramolecular Hbond substituents is 1. The number of rotatable bonds is 6. The molecule has 0 heterocycles. The van der Waals surface area contributed by atoms with Crippen molar-refractivity contribution in [1.82, 2.24) is 0 Å². The molecule has 4 N–H and O–H groups in total. The number of aliphatic hydroxyl groups excluding tert-OH is 2. The van der Waals surface area contributed by atoms with Gasteiger partial charge in [-0.15, -0.1) is 0 Å². The number of hydrogen-bond donors (Lipinski definition) is 4. The Morgan fingerprint density at radius 1 is 1.05 bits per heavy atom. The predicted octanol–water partition coefficient (Wildman–Crippen LogP) is 6.11. The molecule has 3 aliphatic rings. The van der Waals surface area contributed by atoms with Crippen molar-refractivity contribution < 1.29 is 39.6 Å². The van der Waals surface area contributed by atoms with Crippen molar-refractivity contribution in [2.24, 2.45) is 28.6 Å². The third-order valence-electron chi connectivity index (χ3n) is 10.1. The molecule has 1 fully saturated rings. The van der Waals surface area contributed by atoms with Crippen molar-refractivity contribution in [2.45, 2.75) is 106 Å². The van der Waals surface area contributed by atoms with Crippen molar-refractivity contribution >= 4 is 28.9 Å². The molecule has 1 saturated carbocycles. The Morgan fingerprint density at radius 2 is 1.63 bits per heavy atom. The number of phenols is 1. The highest BCUT2D eigenvalue weighted by Crippen LogP contribution is 2.65. The highest BCUT2D eigenvalue weighted by molar-refractivity contribution is 6.24. The second-order valence-corrected chi connectivity index (χ2v) is 15.2. The summed E-state index contributed by atoms with van der Waals surface area (Å²) in [5.74, 6) is -5.52. The Labute approximate surface area is 253 Å². The Morgan fingerprint density at radius 3 is 2.12 bits per heavy atom. The van der Waals surface area contributed by atoms with Crippen LogP contribution in [0, 0.1) is 28.6 Å². The summed E-state index contributed by atoms with van der Waals surface area (Å²) in [6.45, 7) is 17.6. The van der Waals surface area contributed by atoms with Gasteiger partial charge >= 0.3 is 0 Å². The van der Waals surface area contributed by atoms with E-state index in [9.17, 15) is 39.6 Å². The topological polar surface area (TPSA) is 149 Å². The fourth-order valence-electron chi connectivity index (χ4n) is 8.16. The van der Waals surface area contributed by atoms with Crippen LogP contribution in [-0.4, -0.2) is 49.2 Å². The lowest BCUT2D eigenvalue weighted by Gasteiger charge is -2.59. The third-order valence-corrected chi connectivity index (χ3v) is 10.1. The van der Waals surface area contributed by atoms with Crippen LogP contribution in [0.4, 0.5) is 0 Å². The molecule has 1 unspecified atom stereocenters. The van der Waals surface area contributed by atoms with Crippen LogP contribution in [0.1, 0.15) is 116 Å². The summed E-state index contributed by atoms with van der Waals surface area (Å²) < 4.78 is 0. The number of carbonyl (C=O) groups excluding carboxylic acids is 4. The average Bonchev–Trinajstić information content (AvgIpc) is 2.83. The van der Waals surface area contributed by atoms with E-state index >= 15 is 0 Å². The molecule has 0 radical (unpaired) electrons. The van der Waals surface area contributed by atoms with Gasteiger partial charge in [0.05, 0.1) is 5.56 Å². The second-order valence-electron chi connectivity index (χ2n) is 15.2. The highest BCUT2D eigenvalue weighted by atomic mass is 16.3. The van der Waals surface area contributed by atoms with Crippen LogP contribution in [0.25, 0.3) is 5.76 Å². The zero-order valence-corrected chi connectivity index (χ0v) is 27.1. The van der Waals surface area contributed by atoms with Crippen LogP contribution in [0.3, 0.4) is 0 Å². The van der Waals surface area contributed by atoms with Crippen molar-refractivity contribution in [2.75, 3.05) is 0 Å². The number of hydrogen-bond acceptors (Lipinski definition) is 8. The standard InChI is InChI=1S/C35H46O8/c1-16(2)11-12-22(37)19-13-21(32(6,7)8)27(38)24-20(19)14-33(9)15-34(10)25(17(3)4)28(39)23(18(5)36)30(41)35(34,43)31(42)26(33)29(24)40/h13,16-17,25,38,40-41,43H,11-12,14-15H2,1-10H3/t25?,33-,34-,35+/m1/s1. The normalized spacial score (nSPS) is 29.2. The van der Waals surface area contributed by atoms with Gasteiger partial charge in [0, 0.05) is 39.9 Å². The largest absolute Gasteiger partial charge is 0.508 e. The number of ketones is 4. The molecule has 0 saturated heterocycles. The highest BCUT2D eigenvalue weighted by Gasteiger charge is 2.72. The molecule has 234 valence electrons. The summed E-state index contributed by atoms with van der Waals surface area (Å²) in [5, 5.41) is 47.1. The number of carbonyl (C=O) groups is 4. The first-order chi connectivity index (χ1) is 19.6. The summed E-state index contributed by atoms with van der Waals surface area (Å²) >= 11 is 0. The monoisotopic (exact) mass is 594 g/mol. The molecule has 3 aliphatic carbocycles. The van der Waals surface area contributed by atoms with E-state index in [4.69, 9.17) is 0 Å². The summed E-state index contributed by atoms with van der Waals surface area (Å²) in [7, 11) is 0. The van der Waals surface area contributed by atoms with Crippen molar-refractivity contribution in [1.29, 1.82) is 0 Å². The van der Waals surface area contributed by atoms with E-state index in [0.29, 0.717) is 23.1 Å². The van der Waals surface area contributed by atoms with Crippen LogP contribution in [-0.2, 0) is 26.2 Å². The Kier molecular flexibility index (Phi) is 7.70. The van der Waals surface area contributed by atoms with Crippen LogP contribution in [0.15, 0.2) is 23.0 Å². The van der Waals surface area contributed by atoms with Crippen LogP contribution in [0.5, 0.6) is 5.75 Å². The second kappa shape index (κ2) is 10.1. The zero-order valence-electron chi connectivity index (χ0n) is 27.1. The van der Waals surface area contributed by atoms with Crippen LogP contribution < -0.4 is 0 Å². The van der Waals surface area contributed by atoms with E-state index in [1.54, 1.807) is 33.8 Å². The smallest absolute Gasteiger partial charge is 0.203 e. The minimum atomic E-state index is -2.68. The van der Waals surface area contributed by atoms with E-state index < -0.39 is 68.1 Å². The van der Waals surface area contributed by atoms with E-state index in [0.717, 1.165) is 6.92 Å². The van der Waals surface area contributed by atoms with E-state index in [1.165, 1.54) is 0 Å². The molecule has 8 heteroatoms. The fraction of sp³-hybridized carbons (Fsp3) is 0.600. The summed E-state index contributed by atoms with van der Waals surface area (Å²) in [5.41, 5.74) is -5.68. The lowest BCUT2D eigenvalue weighted by molar-refractivity contribution is -0.178. The van der Waals surface area contributed by atoms with Crippen molar-refractivity contribution in [3.63, 3.8) is 0 Å². The van der Waals surface area contributed by atoms with Gasteiger partial charge in [-0.3, -0.25) is 19.2 Å². The number of Topliss-reactive ketones (excluding diaryl/α,β-unsaturated/α-hetero) is 4. The van der Waals surface area contributed by atoms with Gasteiger partial charge in [0.25, 0.3) is 0 Å². The molecule has 4 rings (SSSR count). The molecule has 8 nitrogen and oxygen atoms in total. The van der Waals surface area contributed by atoms with Gasteiger partial charge in [-0.25, -0.2) is 0 Å². The van der Waals surface area contributed by atoms with Crippen LogP contribution >= 0.6 is 0 Å². The molecule has 0 spiro atoms. The molecular formula is C35H46O8. The first kappa shape index (κ1) is 32.6. The Balaban J connectivity index is 2.10. The maximum absolute atomic E-state index is 14.6. The Bertz CT molecular complexity index is 1520. The maximum atomic E-state index is 14.6. The lowest BCUT2D eigenvalue weighted by atomic mass is 9.43. The minimum absolute atomic E-state index is 0.0215. The molecule has 0 aliphatic heterocycles. The molecule has 43 heavy (non-hydrogen) atoms. The SMILES string of the molecule is CC(=O)C1=C(O)[C@]2(O)C(=O)C3=C(O)c4c(O)c(C(C)(C)C)cc(C(=O)CCC(C)C)c4C[C@]3(C)C[C@]2(C)C(C(C)C)C1=O. The summed E-state index contributed by atoms with van der Waals surface area (Å²) in [6.07, 6.45) is 0.962. The molecule has 0 aromatic heterocycles. The number of aliphatic hydroxyl groups is 3. The Hall–Kier alpha value is -3.26. The molecule has 4 atom stereocenters. The quantitative estimate of drug-likeness (QED) is 0.228. The number of benzene rings is 1.